The molecule has 0 spiro atoms. The lowest BCUT2D eigenvalue weighted by atomic mass is 9.80. The van der Waals surface area contributed by atoms with Gasteiger partial charge in [-0.3, -0.25) is 4.79 Å². The molecular weight excluding hydrogens is 262 g/mol. The topological polar surface area (TPSA) is 84.9 Å². The maximum absolute atomic E-state index is 11.4. The van der Waals surface area contributed by atoms with Crippen molar-refractivity contribution in [2.75, 3.05) is 6.61 Å². The van der Waals surface area contributed by atoms with Gasteiger partial charge >= 0.3 is 12.1 Å². The number of aromatic hydroxyl groups is 1. The van der Waals surface area contributed by atoms with Crippen molar-refractivity contribution in [3.63, 3.8) is 0 Å². The number of phenols is 1. The first-order chi connectivity index (χ1) is 9.29. The Hall–Kier alpha value is -2.24. The molecule has 1 saturated heterocycles. The number of hydrogen-bond acceptors (Lipinski definition) is 5. The number of rotatable bonds is 2. The Kier molecular flexibility index (Phi) is 3.57. The molecule has 0 aliphatic carbocycles. The fourth-order valence-corrected chi connectivity index (χ4v) is 2.18. The number of phenolic OH excluding ortho intramolecular Hbond substituents is 1. The van der Waals surface area contributed by atoms with E-state index in [2.05, 4.69) is 5.32 Å². The molecule has 0 bridgehead atoms. The molecule has 6 heteroatoms. The predicted octanol–water partition coefficient (Wildman–Crippen LogP) is 2.12. The van der Waals surface area contributed by atoms with Gasteiger partial charge in [0, 0.05) is 12.3 Å². The molecule has 0 saturated carbocycles. The molecule has 1 fully saturated rings. The Morgan fingerprint density at radius 2 is 2.20 bits per heavy atom. The van der Waals surface area contributed by atoms with Crippen LogP contribution >= 0.6 is 0 Å². The van der Waals surface area contributed by atoms with E-state index in [1.54, 1.807) is 6.07 Å². The van der Waals surface area contributed by atoms with Crippen LogP contribution in [0.5, 0.6) is 11.5 Å². The Balaban J connectivity index is 2.30. The maximum Gasteiger partial charge on any atom is 0.407 e. The number of amides is 1. The summed E-state index contributed by atoms with van der Waals surface area (Å²) in [5, 5.41) is 12.6. The fourth-order valence-electron chi connectivity index (χ4n) is 2.18. The number of carbonyl (C=O) groups excluding carboxylic acids is 2. The zero-order valence-electron chi connectivity index (χ0n) is 11.6. The van der Waals surface area contributed by atoms with E-state index in [1.165, 1.54) is 19.1 Å². The molecule has 1 atom stereocenters. The molecule has 2 rings (SSSR count). The van der Waals surface area contributed by atoms with Gasteiger partial charge in [-0.2, -0.15) is 0 Å². The number of cyclic esters (lactones) is 1. The fraction of sp³-hybridized carbons (Fsp3) is 0.429. The summed E-state index contributed by atoms with van der Waals surface area (Å²) < 4.78 is 9.83. The molecule has 6 nitrogen and oxygen atoms in total. The lowest BCUT2D eigenvalue weighted by Gasteiger charge is -2.38. The first kappa shape index (κ1) is 14.2. The van der Waals surface area contributed by atoms with Crippen molar-refractivity contribution in [2.24, 2.45) is 5.41 Å². The Morgan fingerprint density at radius 3 is 2.80 bits per heavy atom. The molecule has 1 amide bonds. The van der Waals surface area contributed by atoms with Crippen LogP contribution in [0.4, 0.5) is 4.79 Å². The Bertz CT molecular complexity index is 552. The number of carbonyl (C=O) groups is 2. The molecule has 1 aromatic rings. The standard InChI is InChI=1S/C14H17NO5/c1-8(16)20-11-5-4-9(6-10(11)17)12-14(2,3)7-19-13(18)15-12/h4-6,12,17H,7H2,1-3H3,(H,15,18)/t12-/m0/s1. The van der Waals surface area contributed by atoms with Crippen molar-refractivity contribution in [3.05, 3.63) is 23.8 Å². The van der Waals surface area contributed by atoms with Crippen LogP contribution in [0.15, 0.2) is 18.2 Å². The molecule has 0 aromatic heterocycles. The van der Waals surface area contributed by atoms with E-state index in [1.807, 2.05) is 13.8 Å². The summed E-state index contributed by atoms with van der Waals surface area (Å²) in [7, 11) is 0. The first-order valence-electron chi connectivity index (χ1n) is 6.24. The average molecular weight is 279 g/mol. The number of alkyl carbamates (subject to hydrolysis) is 1. The number of hydrogen-bond donors (Lipinski definition) is 2. The third-order valence-corrected chi connectivity index (χ3v) is 3.19. The van der Waals surface area contributed by atoms with Crippen LogP contribution in [0.1, 0.15) is 32.4 Å². The van der Waals surface area contributed by atoms with Gasteiger partial charge in [0.25, 0.3) is 0 Å². The first-order valence-corrected chi connectivity index (χ1v) is 6.24. The summed E-state index contributed by atoms with van der Waals surface area (Å²) in [6, 6.07) is 4.40. The van der Waals surface area contributed by atoms with Crippen molar-refractivity contribution in [1.29, 1.82) is 0 Å². The molecule has 0 radical (unpaired) electrons. The van der Waals surface area contributed by atoms with Crippen LogP contribution in [0.25, 0.3) is 0 Å². The molecule has 1 aliphatic rings. The highest BCUT2D eigenvalue weighted by Gasteiger charge is 2.38. The van der Waals surface area contributed by atoms with Gasteiger partial charge in [0.2, 0.25) is 0 Å². The lowest BCUT2D eigenvalue weighted by molar-refractivity contribution is -0.132. The van der Waals surface area contributed by atoms with Gasteiger partial charge < -0.3 is 19.9 Å². The zero-order chi connectivity index (χ0) is 14.9. The van der Waals surface area contributed by atoms with Gasteiger partial charge in [0.05, 0.1) is 6.04 Å². The zero-order valence-corrected chi connectivity index (χ0v) is 11.6. The molecule has 108 valence electrons. The molecule has 20 heavy (non-hydrogen) atoms. The van der Waals surface area contributed by atoms with Crippen molar-refractivity contribution in [2.45, 2.75) is 26.8 Å². The van der Waals surface area contributed by atoms with Crippen molar-refractivity contribution >= 4 is 12.1 Å². The van der Waals surface area contributed by atoms with Crippen LogP contribution in [0.3, 0.4) is 0 Å². The van der Waals surface area contributed by atoms with Crippen LogP contribution in [-0.2, 0) is 9.53 Å². The highest BCUT2D eigenvalue weighted by molar-refractivity contribution is 5.71. The third-order valence-electron chi connectivity index (χ3n) is 3.19. The monoisotopic (exact) mass is 279 g/mol. The molecule has 0 unspecified atom stereocenters. The Labute approximate surface area is 116 Å². The van der Waals surface area contributed by atoms with E-state index >= 15 is 0 Å². The largest absolute Gasteiger partial charge is 0.504 e. The van der Waals surface area contributed by atoms with Gasteiger partial charge in [0.1, 0.15) is 6.61 Å². The minimum absolute atomic E-state index is 0.0949. The summed E-state index contributed by atoms with van der Waals surface area (Å²) >= 11 is 0. The molecule has 2 N–H and O–H groups in total. The molecule has 1 aromatic carbocycles. The Morgan fingerprint density at radius 1 is 1.50 bits per heavy atom. The van der Waals surface area contributed by atoms with E-state index in [0.717, 1.165) is 5.56 Å². The summed E-state index contributed by atoms with van der Waals surface area (Å²) in [4.78, 5) is 22.3. The second-order valence-corrected chi connectivity index (χ2v) is 5.46. The number of benzene rings is 1. The van der Waals surface area contributed by atoms with Gasteiger partial charge in [-0.1, -0.05) is 19.9 Å². The SMILES string of the molecule is CC(=O)Oc1ccc([C@@H]2NC(=O)OCC2(C)C)cc1O. The normalized spacial score (nSPS) is 20.8. The number of ether oxygens (including phenoxy) is 2. The average Bonchev–Trinajstić information content (AvgIpc) is 2.34. The quantitative estimate of drug-likeness (QED) is 0.640. The highest BCUT2D eigenvalue weighted by atomic mass is 16.6. The van der Waals surface area contributed by atoms with E-state index < -0.39 is 12.1 Å². The minimum Gasteiger partial charge on any atom is -0.504 e. The van der Waals surface area contributed by atoms with Crippen LogP contribution in [0, 0.1) is 5.41 Å². The predicted molar refractivity (Wildman–Crippen MR) is 70.4 cm³/mol. The van der Waals surface area contributed by atoms with Crippen LogP contribution in [0.2, 0.25) is 0 Å². The van der Waals surface area contributed by atoms with Crippen molar-refractivity contribution in [1.82, 2.24) is 5.32 Å². The van der Waals surface area contributed by atoms with Crippen LogP contribution < -0.4 is 10.1 Å². The number of nitrogens with one attached hydrogen (secondary N) is 1. The third kappa shape index (κ3) is 2.84. The van der Waals surface area contributed by atoms with Crippen molar-refractivity contribution in [3.8, 4) is 11.5 Å². The summed E-state index contributed by atoms with van der Waals surface area (Å²) in [5.41, 5.74) is 0.406. The maximum atomic E-state index is 11.4. The second-order valence-electron chi connectivity index (χ2n) is 5.46. The van der Waals surface area contributed by atoms with Crippen molar-refractivity contribution < 1.29 is 24.2 Å². The van der Waals surface area contributed by atoms with Gasteiger partial charge in [-0.05, 0) is 17.7 Å². The van der Waals surface area contributed by atoms with E-state index in [-0.39, 0.29) is 29.6 Å². The molecular formula is C14H17NO5. The molecule has 1 aliphatic heterocycles. The van der Waals surface area contributed by atoms with Crippen LogP contribution in [-0.4, -0.2) is 23.8 Å². The van der Waals surface area contributed by atoms with Gasteiger partial charge in [-0.25, -0.2) is 4.79 Å². The molecule has 1 heterocycles. The van der Waals surface area contributed by atoms with Gasteiger partial charge in [-0.15, -0.1) is 0 Å². The number of esters is 1. The van der Waals surface area contributed by atoms with E-state index in [9.17, 15) is 14.7 Å². The smallest absolute Gasteiger partial charge is 0.407 e. The van der Waals surface area contributed by atoms with E-state index in [4.69, 9.17) is 9.47 Å². The summed E-state index contributed by atoms with van der Waals surface area (Å²) in [5.74, 6) is -0.556. The second kappa shape index (κ2) is 5.03. The summed E-state index contributed by atoms with van der Waals surface area (Å²) in [6.07, 6.45) is -0.488. The summed E-state index contributed by atoms with van der Waals surface area (Å²) in [6.45, 7) is 5.45. The lowest BCUT2D eigenvalue weighted by Crippen LogP contribution is -2.46. The minimum atomic E-state index is -0.507. The van der Waals surface area contributed by atoms with E-state index in [0.29, 0.717) is 0 Å². The van der Waals surface area contributed by atoms with Gasteiger partial charge in [0.15, 0.2) is 11.5 Å². The highest BCUT2D eigenvalue weighted by Crippen LogP contribution is 2.39.